The molecule has 15 atom stereocenters. The third-order valence-corrected chi connectivity index (χ3v) is 35.0. The Labute approximate surface area is 614 Å². The predicted molar refractivity (Wildman–Crippen MR) is 404 cm³/mol. The first-order valence-corrected chi connectivity index (χ1v) is 45.5. The van der Waals surface area contributed by atoms with Crippen LogP contribution in [0.2, 0.25) is 54.4 Å². The maximum Gasteiger partial charge on any atom is 0.303 e. The van der Waals surface area contributed by atoms with Crippen molar-refractivity contribution in [3.63, 3.8) is 0 Å². The van der Waals surface area contributed by atoms with E-state index in [2.05, 4.69) is 102 Å². The van der Waals surface area contributed by atoms with Gasteiger partial charge in [0, 0.05) is 18.7 Å². The van der Waals surface area contributed by atoms with Crippen molar-refractivity contribution in [3.05, 3.63) is 210 Å². The number of carbonyl (C=O) groups is 2. The van der Waals surface area contributed by atoms with E-state index in [9.17, 15) is 9.59 Å². The molecule has 3 aliphatic rings. The summed E-state index contributed by atoms with van der Waals surface area (Å²) in [4.78, 5) is 28.1. The van der Waals surface area contributed by atoms with Crippen molar-refractivity contribution in [2.75, 3.05) is 19.8 Å². The Kier molecular flexibility index (Phi) is 28.8. The first-order valence-electron chi connectivity index (χ1n) is 35.9. The minimum Gasteiger partial charge on any atom is -0.456 e. The lowest BCUT2D eigenvalue weighted by Gasteiger charge is -2.54. The second kappa shape index (κ2) is 36.4. The van der Waals surface area contributed by atoms with Gasteiger partial charge in [0.15, 0.2) is 49.7 Å². The first kappa shape index (κ1) is 80.8. The minimum absolute atomic E-state index is 0.0649. The van der Waals surface area contributed by atoms with Gasteiger partial charge in [0.25, 0.3) is 0 Å². The average Bonchev–Trinajstić information content (AvgIpc) is 0.759. The van der Waals surface area contributed by atoms with Crippen LogP contribution in [0.1, 0.15) is 104 Å². The summed E-state index contributed by atoms with van der Waals surface area (Å²) in [6, 6.07) is 59.2. The van der Waals surface area contributed by atoms with Gasteiger partial charge in [-0.1, -0.05) is 244 Å². The molecule has 0 radical (unpaired) electrons. The normalized spacial score (nSPS) is 26.1. The number of hydrogen-bond donors (Lipinski definition) is 0. The van der Waals surface area contributed by atoms with Gasteiger partial charge in [0.05, 0.1) is 52.9 Å². The van der Waals surface area contributed by atoms with Crippen LogP contribution in [0.4, 0.5) is 0 Å². The second-order valence-electron chi connectivity index (χ2n) is 31.5. The van der Waals surface area contributed by atoms with E-state index < -0.39 is 128 Å². The molecule has 102 heavy (non-hydrogen) atoms. The zero-order chi connectivity index (χ0) is 73.5. The van der Waals surface area contributed by atoms with Gasteiger partial charge in [0.2, 0.25) is 0 Å². The molecular weight excluding hydrogens is 1360 g/mol. The standard InChI is InChI=1S/C81H112O17SSi3/c1-56(82)90-71-68(64(53-84-48-58-36-24-18-25-37-58)94-78(75(71)91-57(2)83)99-63-46-34-23-35-47-63)95-77-73(88-52-62-44-32-22-33-45-62)70(87-51-61-42-30-21-31-43-61)67(86-50-60-40-28-20-29-41-60)66(93-77)55-89-76-74(98-102(16,17)81(9,10)11)72(97-101(14,15)80(6,7)8)69(96-100(12,13)79(3,4)5)65(92-76)54-85-49-59-38-26-19-27-39-59/h18-47,64-78H,48-55H2,1-17H3/t64?,65?,66?,67-,68-,69?,70?,71?,72+,73?,74?,75?,76?,77+,78+/m1/s1. The van der Waals surface area contributed by atoms with E-state index in [1.807, 2.05) is 182 Å². The topological polar surface area (TPSA) is 173 Å². The molecule has 0 N–H and O–H groups in total. The number of thioether (sulfide) groups is 1. The molecule has 17 nitrogen and oxygen atoms in total. The van der Waals surface area contributed by atoms with Crippen molar-refractivity contribution in [1.29, 1.82) is 0 Å². The summed E-state index contributed by atoms with van der Waals surface area (Å²) in [5.74, 6) is -1.27. The molecule has 0 aliphatic carbocycles. The Morgan fingerprint density at radius 2 is 0.696 bits per heavy atom. The molecule has 21 heteroatoms. The monoisotopic (exact) mass is 1470 g/mol. The maximum absolute atomic E-state index is 13.8. The van der Waals surface area contributed by atoms with Crippen LogP contribution in [0.15, 0.2) is 187 Å². The van der Waals surface area contributed by atoms with Gasteiger partial charge in [-0.25, -0.2) is 0 Å². The van der Waals surface area contributed by atoms with Gasteiger partial charge in [-0.05, 0) is 94.3 Å². The smallest absolute Gasteiger partial charge is 0.303 e. The van der Waals surface area contributed by atoms with E-state index in [0.717, 1.165) is 32.7 Å². The Hall–Kier alpha value is -5.26. The van der Waals surface area contributed by atoms with E-state index in [1.54, 1.807) is 0 Å². The number of hydrogen-bond acceptors (Lipinski definition) is 18. The van der Waals surface area contributed by atoms with Gasteiger partial charge in [-0.2, -0.15) is 0 Å². The largest absolute Gasteiger partial charge is 0.456 e. The fourth-order valence-electron chi connectivity index (χ4n) is 11.7. The highest BCUT2D eigenvalue weighted by Gasteiger charge is 2.59. The summed E-state index contributed by atoms with van der Waals surface area (Å²) < 4.78 is 109. The third-order valence-electron chi connectivity index (χ3n) is 20.4. The fraction of sp³-hybridized carbons (Fsp3) is 0.531. The Morgan fingerprint density at radius 3 is 1.12 bits per heavy atom. The van der Waals surface area contributed by atoms with Gasteiger partial charge in [-0.3, -0.25) is 9.59 Å². The summed E-state index contributed by atoms with van der Waals surface area (Å²) in [7, 11) is -8.16. The summed E-state index contributed by atoms with van der Waals surface area (Å²) in [6.45, 7) is 37.0. The number of esters is 2. The molecule has 6 aromatic carbocycles. The van der Waals surface area contributed by atoms with Crippen molar-refractivity contribution in [1.82, 2.24) is 0 Å². The molecule has 3 aliphatic heterocycles. The van der Waals surface area contributed by atoms with Crippen LogP contribution < -0.4 is 0 Å². The lowest BCUT2D eigenvalue weighted by atomic mass is 9.96. The average molecular weight is 1470 g/mol. The number of benzene rings is 6. The molecule has 3 saturated heterocycles. The molecule has 0 amide bonds. The summed E-state index contributed by atoms with van der Waals surface area (Å²) in [5.41, 5.74) is 3.65. The van der Waals surface area contributed by atoms with E-state index in [1.165, 1.54) is 25.6 Å². The summed E-state index contributed by atoms with van der Waals surface area (Å²) in [6.07, 6.45) is -14.4. The molecule has 9 rings (SSSR count). The van der Waals surface area contributed by atoms with Crippen LogP contribution >= 0.6 is 11.8 Å². The molecule has 556 valence electrons. The molecule has 6 aromatic rings. The van der Waals surface area contributed by atoms with Crippen molar-refractivity contribution in [2.45, 2.75) is 260 Å². The van der Waals surface area contributed by atoms with Crippen LogP contribution in [0.5, 0.6) is 0 Å². The predicted octanol–water partition coefficient (Wildman–Crippen LogP) is 16.6. The first-order chi connectivity index (χ1) is 48.4. The highest BCUT2D eigenvalue weighted by molar-refractivity contribution is 7.99. The molecule has 0 aromatic heterocycles. The van der Waals surface area contributed by atoms with Crippen molar-refractivity contribution in [2.24, 2.45) is 0 Å². The number of ether oxygens (including phenoxy) is 12. The van der Waals surface area contributed by atoms with Gasteiger partial charge in [-0.15, -0.1) is 0 Å². The van der Waals surface area contributed by atoms with Crippen LogP contribution in [0.25, 0.3) is 0 Å². The summed E-state index contributed by atoms with van der Waals surface area (Å²) >= 11 is 1.33. The molecule has 10 unspecified atom stereocenters. The minimum atomic E-state index is -2.78. The van der Waals surface area contributed by atoms with Gasteiger partial charge < -0.3 is 70.1 Å². The van der Waals surface area contributed by atoms with Gasteiger partial charge >= 0.3 is 11.9 Å². The highest BCUT2D eigenvalue weighted by Crippen LogP contribution is 2.48. The Balaban J connectivity index is 1.21. The van der Waals surface area contributed by atoms with Crippen molar-refractivity contribution in [3.8, 4) is 0 Å². The van der Waals surface area contributed by atoms with Crippen LogP contribution in [-0.4, -0.2) is 148 Å². The molecule has 3 fully saturated rings. The van der Waals surface area contributed by atoms with E-state index in [-0.39, 0.29) is 61.4 Å². The molecule has 3 heterocycles. The quantitative estimate of drug-likeness (QED) is 0.0288. The van der Waals surface area contributed by atoms with Crippen molar-refractivity contribution < 1.29 is 79.7 Å². The van der Waals surface area contributed by atoms with Crippen molar-refractivity contribution >= 4 is 48.7 Å². The number of carbonyl (C=O) groups excluding carboxylic acids is 2. The Morgan fingerprint density at radius 1 is 0.353 bits per heavy atom. The molecule has 0 spiro atoms. The van der Waals surface area contributed by atoms with E-state index >= 15 is 0 Å². The van der Waals surface area contributed by atoms with Crippen LogP contribution in [0, 0.1) is 0 Å². The Bertz CT molecular complexity index is 3470. The zero-order valence-electron chi connectivity index (χ0n) is 63.0. The second-order valence-corrected chi connectivity index (χ2v) is 46.9. The SMILES string of the molecule is CC(=O)OC1C(OC(C)=O)[C@H](Sc2ccccc2)OC(COCc2ccccc2)[C@H]1O[C@@H]1OC(COC2OC(COCc3ccccc3)C(O[Si](C)(C)C(C)(C)C)[C@H](O[Si](C)(C)C(C)(C)C)C2O[Si](C)(C)C(C)(C)C)[C@@H](OCc2ccccc2)C(OCc2ccccc2)C1OCc1ccccc1. The third kappa shape index (κ3) is 22.4. The maximum atomic E-state index is 13.8. The van der Waals surface area contributed by atoms with E-state index in [4.69, 9.17) is 70.1 Å². The zero-order valence-corrected chi connectivity index (χ0v) is 66.8. The molecule has 0 saturated carbocycles. The highest BCUT2D eigenvalue weighted by atomic mass is 32.2. The summed E-state index contributed by atoms with van der Waals surface area (Å²) in [5, 5.41) is -0.721. The number of rotatable bonds is 32. The lowest BCUT2D eigenvalue weighted by Crippen LogP contribution is -2.69. The fourth-order valence-corrected chi connectivity index (χ4v) is 16.7. The van der Waals surface area contributed by atoms with E-state index in [0.29, 0.717) is 6.61 Å². The molecule has 0 bridgehead atoms. The van der Waals surface area contributed by atoms with Gasteiger partial charge in [0.1, 0.15) is 66.5 Å². The molecular formula is C81H112O17SSi3. The lowest BCUT2D eigenvalue weighted by molar-refractivity contribution is -0.363. The van der Waals surface area contributed by atoms with Crippen LogP contribution in [0.3, 0.4) is 0 Å². The van der Waals surface area contributed by atoms with Crippen LogP contribution in [-0.2, 0) is 113 Å².